The normalized spacial score (nSPS) is 15.6. The average Bonchev–Trinajstić information content (AvgIpc) is 3.14. The van der Waals surface area contributed by atoms with Gasteiger partial charge in [0.25, 0.3) is 0 Å². The van der Waals surface area contributed by atoms with E-state index in [2.05, 4.69) is 49.2 Å². The number of nitrogens with zero attached hydrogens (tertiary/aromatic N) is 3. The summed E-state index contributed by atoms with van der Waals surface area (Å²) in [5.41, 5.74) is 1.08. The molecular formula is C24H36N4O2S. The van der Waals surface area contributed by atoms with Gasteiger partial charge in [0, 0.05) is 38.5 Å². The molecule has 1 aliphatic heterocycles. The number of carbonyl (C=O) groups excluding carboxylic acids is 2. The zero-order chi connectivity index (χ0) is 22.4. The van der Waals surface area contributed by atoms with E-state index in [4.69, 9.17) is 0 Å². The Bertz CT molecular complexity index is 852. The van der Waals surface area contributed by atoms with Crippen LogP contribution < -0.4 is 5.32 Å². The second-order valence-corrected chi connectivity index (χ2v) is 10.8. The molecule has 1 aliphatic rings. The SMILES string of the molecule is CN(C)CC(C)(C)CNC(=O)C1CCN(C(=O)CCCc2nc3ccccc3s2)CC1. The van der Waals surface area contributed by atoms with Crippen molar-refractivity contribution in [1.82, 2.24) is 20.1 Å². The molecule has 2 aromatic rings. The Kier molecular flexibility index (Phi) is 8.06. The van der Waals surface area contributed by atoms with Gasteiger partial charge in [-0.05, 0) is 57.3 Å². The molecule has 6 nitrogen and oxygen atoms in total. The number of likely N-dealkylation sites (tertiary alicyclic amines) is 1. The highest BCUT2D eigenvalue weighted by molar-refractivity contribution is 7.18. The van der Waals surface area contributed by atoms with Crippen molar-refractivity contribution < 1.29 is 9.59 Å². The molecule has 0 aliphatic carbocycles. The van der Waals surface area contributed by atoms with Crippen LogP contribution in [0.5, 0.6) is 0 Å². The lowest BCUT2D eigenvalue weighted by Crippen LogP contribution is -2.46. The van der Waals surface area contributed by atoms with Crippen LogP contribution in [0.15, 0.2) is 24.3 Å². The van der Waals surface area contributed by atoms with Crippen molar-refractivity contribution in [1.29, 1.82) is 0 Å². The molecule has 7 heteroatoms. The van der Waals surface area contributed by atoms with Gasteiger partial charge in [-0.25, -0.2) is 4.98 Å². The summed E-state index contributed by atoms with van der Waals surface area (Å²) < 4.78 is 1.20. The number of aromatic nitrogens is 1. The Morgan fingerprint density at radius 1 is 1.23 bits per heavy atom. The lowest BCUT2D eigenvalue weighted by Gasteiger charge is -2.33. The van der Waals surface area contributed by atoms with Crippen molar-refractivity contribution in [2.75, 3.05) is 40.3 Å². The zero-order valence-electron chi connectivity index (χ0n) is 19.3. The van der Waals surface area contributed by atoms with Crippen LogP contribution >= 0.6 is 11.3 Å². The highest BCUT2D eigenvalue weighted by atomic mass is 32.1. The van der Waals surface area contributed by atoms with Crippen LogP contribution in [0.25, 0.3) is 10.2 Å². The summed E-state index contributed by atoms with van der Waals surface area (Å²) >= 11 is 1.71. The average molecular weight is 445 g/mol. The molecule has 2 amide bonds. The Balaban J connectivity index is 1.36. The van der Waals surface area contributed by atoms with E-state index in [0.29, 0.717) is 26.1 Å². The molecule has 2 heterocycles. The van der Waals surface area contributed by atoms with Gasteiger partial charge in [-0.15, -0.1) is 11.3 Å². The first-order valence-electron chi connectivity index (χ1n) is 11.3. The van der Waals surface area contributed by atoms with Gasteiger partial charge >= 0.3 is 0 Å². The second-order valence-electron chi connectivity index (χ2n) is 9.70. The molecule has 1 aromatic heterocycles. The Hall–Kier alpha value is -1.99. The number of para-hydroxylation sites is 1. The maximum absolute atomic E-state index is 12.6. The van der Waals surface area contributed by atoms with Crippen LogP contribution in [0.4, 0.5) is 0 Å². The van der Waals surface area contributed by atoms with Crippen molar-refractivity contribution in [3.63, 3.8) is 0 Å². The molecule has 0 spiro atoms. The molecule has 0 atom stereocenters. The van der Waals surface area contributed by atoms with Crippen molar-refractivity contribution in [2.45, 2.75) is 46.0 Å². The molecule has 31 heavy (non-hydrogen) atoms. The second kappa shape index (κ2) is 10.6. The minimum atomic E-state index is 0.0157. The van der Waals surface area contributed by atoms with Gasteiger partial charge in [0.1, 0.15) is 0 Å². The predicted molar refractivity (Wildman–Crippen MR) is 127 cm³/mol. The van der Waals surface area contributed by atoms with Gasteiger partial charge in [0.15, 0.2) is 0 Å². The standard InChI is InChI=1S/C24H36N4O2S/c1-24(2,17-27(3)4)16-25-23(30)18-12-14-28(15-13-18)22(29)11-7-10-21-26-19-8-5-6-9-20(19)31-21/h5-6,8-9,18H,7,10-17H2,1-4H3,(H,25,30). The minimum Gasteiger partial charge on any atom is -0.355 e. The van der Waals surface area contributed by atoms with E-state index >= 15 is 0 Å². The predicted octanol–water partition coefficient (Wildman–Crippen LogP) is 3.56. The lowest BCUT2D eigenvalue weighted by atomic mass is 9.91. The first kappa shape index (κ1) is 23.7. The summed E-state index contributed by atoms with van der Waals surface area (Å²) in [7, 11) is 4.10. The van der Waals surface area contributed by atoms with Gasteiger partial charge in [0.2, 0.25) is 11.8 Å². The highest BCUT2D eigenvalue weighted by Crippen LogP contribution is 2.24. The molecule has 0 saturated carbocycles. The Labute approximate surface area is 190 Å². The number of hydrogen-bond acceptors (Lipinski definition) is 5. The van der Waals surface area contributed by atoms with Crippen LogP contribution in [-0.2, 0) is 16.0 Å². The van der Waals surface area contributed by atoms with Crippen LogP contribution in [0.1, 0.15) is 44.5 Å². The van der Waals surface area contributed by atoms with E-state index in [-0.39, 0.29) is 23.1 Å². The summed E-state index contributed by atoms with van der Waals surface area (Å²) in [4.78, 5) is 33.9. The molecule has 3 rings (SSSR count). The quantitative estimate of drug-likeness (QED) is 0.642. The number of benzene rings is 1. The number of amides is 2. The van der Waals surface area contributed by atoms with Gasteiger partial charge in [-0.2, -0.15) is 0 Å². The number of carbonyl (C=O) groups is 2. The number of thiazole rings is 1. The van der Waals surface area contributed by atoms with Crippen molar-refractivity contribution >= 4 is 33.4 Å². The molecule has 1 aromatic carbocycles. The van der Waals surface area contributed by atoms with E-state index < -0.39 is 0 Å². The fourth-order valence-electron chi connectivity index (χ4n) is 4.35. The van der Waals surface area contributed by atoms with Crippen molar-refractivity contribution in [3.8, 4) is 0 Å². The van der Waals surface area contributed by atoms with E-state index in [9.17, 15) is 9.59 Å². The lowest BCUT2D eigenvalue weighted by molar-refractivity contribution is -0.135. The highest BCUT2D eigenvalue weighted by Gasteiger charge is 2.28. The van der Waals surface area contributed by atoms with Gasteiger partial charge < -0.3 is 15.1 Å². The van der Waals surface area contributed by atoms with Crippen LogP contribution in [-0.4, -0.2) is 66.9 Å². The number of aryl methyl sites for hydroxylation is 1. The first-order chi connectivity index (χ1) is 14.7. The molecule has 1 fully saturated rings. The Morgan fingerprint density at radius 3 is 2.61 bits per heavy atom. The van der Waals surface area contributed by atoms with Crippen LogP contribution in [0.2, 0.25) is 0 Å². The molecule has 1 N–H and O–H groups in total. The smallest absolute Gasteiger partial charge is 0.223 e. The first-order valence-corrected chi connectivity index (χ1v) is 12.1. The maximum Gasteiger partial charge on any atom is 0.223 e. The minimum absolute atomic E-state index is 0.0157. The van der Waals surface area contributed by atoms with E-state index in [1.165, 1.54) is 4.70 Å². The van der Waals surface area contributed by atoms with E-state index in [1.54, 1.807) is 11.3 Å². The summed E-state index contributed by atoms with van der Waals surface area (Å²) in [5.74, 6) is 0.351. The number of nitrogens with one attached hydrogen (secondary N) is 1. The molecule has 0 bridgehead atoms. The van der Waals surface area contributed by atoms with Gasteiger partial charge in [-0.1, -0.05) is 26.0 Å². The van der Waals surface area contributed by atoms with Crippen LogP contribution in [0.3, 0.4) is 0 Å². The number of fused-ring (bicyclic) bond motifs is 1. The van der Waals surface area contributed by atoms with E-state index in [1.807, 2.05) is 23.1 Å². The zero-order valence-corrected chi connectivity index (χ0v) is 20.1. The van der Waals surface area contributed by atoms with Crippen molar-refractivity contribution in [2.24, 2.45) is 11.3 Å². The van der Waals surface area contributed by atoms with E-state index in [0.717, 1.165) is 42.8 Å². The van der Waals surface area contributed by atoms with Gasteiger partial charge in [0.05, 0.1) is 15.2 Å². The third-order valence-electron chi connectivity index (χ3n) is 5.82. The largest absolute Gasteiger partial charge is 0.355 e. The Morgan fingerprint density at radius 2 is 1.94 bits per heavy atom. The molecule has 0 unspecified atom stereocenters. The third-order valence-corrected chi connectivity index (χ3v) is 6.92. The molecule has 1 saturated heterocycles. The fraction of sp³-hybridized carbons (Fsp3) is 0.625. The third kappa shape index (κ3) is 7.01. The number of rotatable bonds is 9. The molecular weight excluding hydrogens is 408 g/mol. The van der Waals surface area contributed by atoms with Gasteiger partial charge in [-0.3, -0.25) is 9.59 Å². The summed E-state index contributed by atoms with van der Waals surface area (Å²) in [6.07, 6.45) is 3.71. The fourth-order valence-corrected chi connectivity index (χ4v) is 5.36. The van der Waals surface area contributed by atoms with Crippen LogP contribution in [0, 0.1) is 11.3 Å². The summed E-state index contributed by atoms with van der Waals surface area (Å²) in [6.45, 7) is 7.30. The number of hydrogen-bond donors (Lipinski definition) is 1. The molecule has 170 valence electrons. The number of piperidine rings is 1. The molecule has 0 radical (unpaired) electrons. The topological polar surface area (TPSA) is 65.5 Å². The summed E-state index contributed by atoms with van der Waals surface area (Å²) in [5, 5.41) is 4.23. The van der Waals surface area contributed by atoms with Crippen molar-refractivity contribution in [3.05, 3.63) is 29.3 Å². The summed E-state index contributed by atoms with van der Waals surface area (Å²) in [6, 6.07) is 8.15. The maximum atomic E-state index is 12.6. The monoisotopic (exact) mass is 444 g/mol.